The van der Waals surface area contributed by atoms with Gasteiger partial charge in [-0.05, 0) is 38.4 Å². The Hall–Kier alpha value is -1.44. The number of benzene rings is 1. The zero-order valence-electron chi connectivity index (χ0n) is 11.3. The number of hydrogen-bond acceptors (Lipinski definition) is 5. The van der Waals surface area contributed by atoms with Gasteiger partial charge in [-0.15, -0.1) is 0 Å². The quantitative estimate of drug-likeness (QED) is 0.665. The van der Waals surface area contributed by atoms with Gasteiger partial charge in [0.05, 0.1) is 10.1 Å². The molecule has 0 aliphatic heterocycles. The molecule has 5 N–H and O–H groups in total. The van der Waals surface area contributed by atoms with Crippen LogP contribution in [0.25, 0.3) is 0 Å². The average molecular weight is 300 g/mol. The fraction of sp³-hybridized carbons (Fsp3) is 0.462. The summed E-state index contributed by atoms with van der Waals surface area (Å²) >= 11 is 0. The van der Waals surface area contributed by atoms with Crippen LogP contribution in [0.3, 0.4) is 0 Å². The minimum absolute atomic E-state index is 0.150. The zero-order chi connectivity index (χ0) is 15.3. The molecule has 20 heavy (non-hydrogen) atoms. The number of carboxylic acid groups (broad SMARTS) is 1. The lowest BCUT2D eigenvalue weighted by Gasteiger charge is -2.19. The molecule has 112 valence electrons. The van der Waals surface area contributed by atoms with Crippen LogP contribution in [0.1, 0.15) is 18.4 Å². The monoisotopic (exact) mass is 300 g/mol. The highest BCUT2D eigenvalue weighted by molar-refractivity contribution is 7.92. The lowest BCUT2D eigenvalue weighted by atomic mass is 10.1. The highest BCUT2D eigenvalue weighted by atomic mass is 32.2. The van der Waals surface area contributed by atoms with Gasteiger partial charge in [0.25, 0.3) is 0 Å². The van der Waals surface area contributed by atoms with E-state index in [1.165, 1.54) is 12.1 Å². The van der Waals surface area contributed by atoms with E-state index in [9.17, 15) is 13.2 Å². The standard InChI is InChI=1S/C13H20N2O4S/c1-9-2-4-10(5-3-9)20(18,19)11(6-7-14)8-12(15)13(16)17/h2-5,11-12H,6-8,14-15H2,1H3,(H,16,17)/t11?,12-/m0/s1. The molecule has 0 saturated heterocycles. The van der Waals surface area contributed by atoms with E-state index in [0.29, 0.717) is 0 Å². The molecule has 0 aromatic heterocycles. The van der Waals surface area contributed by atoms with Gasteiger partial charge in [-0.3, -0.25) is 4.79 Å². The predicted molar refractivity (Wildman–Crippen MR) is 76.1 cm³/mol. The van der Waals surface area contributed by atoms with E-state index in [2.05, 4.69) is 0 Å². The van der Waals surface area contributed by atoms with Crippen molar-refractivity contribution in [2.24, 2.45) is 11.5 Å². The van der Waals surface area contributed by atoms with Crippen LogP contribution in [0, 0.1) is 6.92 Å². The lowest BCUT2D eigenvalue weighted by Crippen LogP contribution is -2.37. The van der Waals surface area contributed by atoms with Crippen LogP contribution in [0.4, 0.5) is 0 Å². The Morgan fingerprint density at radius 3 is 2.30 bits per heavy atom. The SMILES string of the molecule is Cc1ccc(S(=O)(=O)C(CCN)C[C@H](N)C(=O)O)cc1. The highest BCUT2D eigenvalue weighted by Gasteiger charge is 2.30. The molecule has 0 radical (unpaired) electrons. The summed E-state index contributed by atoms with van der Waals surface area (Å²) in [6, 6.07) is 5.21. The van der Waals surface area contributed by atoms with E-state index < -0.39 is 27.1 Å². The van der Waals surface area contributed by atoms with Crippen LogP contribution < -0.4 is 11.5 Å². The molecule has 7 heteroatoms. The second-order valence-corrected chi connectivity index (χ2v) is 6.97. The van der Waals surface area contributed by atoms with Crippen LogP contribution in [0.2, 0.25) is 0 Å². The molecule has 6 nitrogen and oxygen atoms in total. The molecule has 2 atom stereocenters. The number of sulfone groups is 1. The van der Waals surface area contributed by atoms with Gasteiger partial charge in [0.15, 0.2) is 9.84 Å². The van der Waals surface area contributed by atoms with Gasteiger partial charge in [0.2, 0.25) is 0 Å². The van der Waals surface area contributed by atoms with E-state index in [1.807, 2.05) is 6.92 Å². The second-order valence-electron chi connectivity index (χ2n) is 4.74. The summed E-state index contributed by atoms with van der Waals surface area (Å²) < 4.78 is 25.0. The van der Waals surface area contributed by atoms with Gasteiger partial charge in [0, 0.05) is 0 Å². The van der Waals surface area contributed by atoms with Crippen molar-refractivity contribution in [1.29, 1.82) is 0 Å². The van der Waals surface area contributed by atoms with Crippen LogP contribution in [-0.4, -0.2) is 37.3 Å². The van der Waals surface area contributed by atoms with Crippen molar-refractivity contribution in [1.82, 2.24) is 0 Å². The first kappa shape index (κ1) is 16.6. The van der Waals surface area contributed by atoms with Gasteiger partial charge < -0.3 is 16.6 Å². The van der Waals surface area contributed by atoms with Crippen molar-refractivity contribution in [2.75, 3.05) is 6.54 Å². The lowest BCUT2D eigenvalue weighted by molar-refractivity contribution is -0.138. The maximum absolute atomic E-state index is 12.5. The summed E-state index contributed by atoms with van der Waals surface area (Å²) in [6.07, 6.45) is 0.0277. The van der Waals surface area contributed by atoms with E-state index >= 15 is 0 Å². The maximum Gasteiger partial charge on any atom is 0.320 e. The van der Waals surface area contributed by atoms with E-state index in [0.717, 1.165) is 5.56 Å². The van der Waals surface area contributed by atoms with Crippen molar-refractivity contribution >= 4 is 15.8 Å². The van der Waals surface area contributed by atoms with Gasteiger partial charge in [-0.2, -0.15) is 0 Å². The van der Waals surface area contributed by atoms with Crippen molar-refractivity contribution in [3.05, 3.63) is 29.8 Å². The number of aliphatic carboxylic acids is 1. The van der Waals surface area contributed by atoms with Crippen LogP contribution in [0.15, 0.2) is 29.2 Å². The molecule has 0 amide bonds. The average Bonchev–Trinajstić information content (AvgIpc) is 2.38. The first-order chi connectivity index (χ1) is 9.28. The summed E-state index contributed by atoms with van der Waals surface area (Å²) in [6.45, 7) is 2.01. The van der Waals surface area contributed by atoms with Crippen LogP contribution in [-0.2, 0) is 14.6 Å². The first-order valence-corrected chi connectivity index (χ1v) is 7.82. The smallest absolute Gasteiger partial charge is 0.320 e. The Bertz CT molecular complexity index is 554. The molecule has 0 aliphatic carbocycles. The number of rotatable bonds is 7. The van der Waals surface area contributed by atoms with Gasteiger partial charge in [0.1, 0.15) is 6.04 Å². The van der Waals surface area contributed by atoms with E-state index in [-0.39, 0.29) is 24.3 Å². The summed E-state index contributed by atoms with van der Waals surface area (Å²) in [7, 11) is -3.63. The topological polar surface area (TPSA) is 123 Å². The van der Waals surface area contributed by atoms with Gasteiger partial charge in [-0.25, -0.2) is 8.42 Å². The third-order valence-corrected chi connectivity index (χ3v) is 5.35. The molecule has 0 saturated carbocycles. The van der Waals surface area contributed by atoms with E-state index in [1.54, 1.807) is 12.1 Å². The molecular weight excluding hydrogens is 280 g/mol. The molecule has 0 spiro atoms. The summed E-state index contributed by atoms with van der Waals surface area (Å²) in [4.78, 5) is 11.0. The highest BCUT2D eigenvalue weighted by Crippen LogP contribution is 2.22. The Balaban J connectivity index is 3.05. The van der Waals surface area contributed by atoms with Crippen molar-refractivity contribution < 1.29 is 18.3 Å². The molecule has 1 rings (SSSR count). The molecular formula is C13H20N2O4S. The zero-order valence-corrected chi connectivity index (χ0v) is 12.1. The van der Waals surface area contributed by atoms with Crippen molar-refractivity contribution in [2.45, 2.75) is 36.0 Å². The molecule has 0 aliphatic rings. The predicted octanol–water partition coefficient (Wildman–Crippen LogP) is 0.288. The Kier molecular flexibility index (Phi) is 5.67. The molecule has 0 heterocycles. The normalized spacial score (nSPS) is 14.8. The van der Waals surface area contributed by atoms with E-state index in [4.69, 9.17) is 16.6 Å². The van der Waals surface area contributed by atoms with Crippen molar-refractivity contribution in [3.8, 4) is 0 Å². The summed E-state index contributed by atoms with van der Waals surface area (Å²) in [5, 5.41) is 7.93. The number of hydrogen-bond donors (Lipinski definition) is 3. The minimum atomic E-state index is -3.63. The molecule has 1 aromatic rings. The third-order valence-electron chi connectivity index (χ3n) is 3.11. The second kappa shape index (κ2) is 6.83. The number of aryl methyl sites for hydroxylation is 1. The Morgan fingerprint density at radius 1 is 1.30 bits per heavy atom. The Labute approximate surface area is 118 Å². The Morgan fingerprint density at radius 2 is 1.85 bits per heavy atom. The van der Waals surface area contributed by atoms with Gasteiger partial charge >= 0.3 is 5.97 Å². The van der Waals surface area contributed by atoms with Crippen molar-refractivity contribution in [3.63, 3.8) is 0 Å². The minimum Gasteiger partial charge on any atom is -0.480 e. The maximum atomic E-state index is 12.5. The largest absolute Gasteiger partial charge is 0.480 e. The molecule has 1 aromatic carbocycles. The summed E-state index contributed by atoms with van der Waals surface area (Å²) in [5.41, 5.74) is 11.8. The summed E-state index contributed by atoms with van der Waals surface area (Å²) in [5.74, 6) is -1.22. The number of carbonyl (C=O) groups is 1. The molecule has 0 bridgehead atoms. The first-order valence-electron chi connectivity index (χ1n) is 6.28. The fourth-order valence-corrected chi connectivity index (χ4v) is 3.70. The number of carboxylic acids is 1. The van der Waals surface area contributed by atoms with Crippen LogP contribution in [0.5, 0.6) is 0 Å². The fourth-order valence-electron chi connectivity index (χ4n) is 1.89. The van der Waals surface area contributed by atoms with Gasteiger partial charge in [-0.1, -0.05) is 17.7 Å². The molecule has 0 fully saturated rings. The van der Waals surface area contributed by atoms with Crippen LogP contribution >= 0.6 is 0 Å². The third kappa shape index (κ3) is 4.03. The molecule has 1 unspecified atom stereocenters. The number of nitrogens with two attached hydrogens (primary N) is 2.